The minimum absolute atomic E-state index is 0.0564. The van der Waals surface area contributed by atoms with E-state index in [1.54, 1.807) is 0 Å². The number of ether oxygens (including phenoxy) is 3. The van der Waals surface area contributed by atoms with Crippen molar-refractivity contribution in [2.75, 3.05) is 20.3 Å². The van der Waals surface area contributed by atoms with Gasteiger partial charge in [0.2, 0.25) is 0 Å². The summed E-state index contributed by atoms with van der Waals surface area (Å²) in [6.07, 6.45) is 1.13. The van der Waals surface area contributed by atoms with Crippen LogP contribution >= 0.6 is 0 Å². The summed E-state index contributed by atoms with van der Waals surface area (Å²) < 4.78 is 30.6. The van der Waals surface area contributed by atoms with Crippen LogP contribution in [0.3, 0.4) is 0 Å². The standard InChI is InChI=1S/C14H15FO5/c1-18-8-6-9-13(20-5-4-19-9)11(12(8)15)14(2-3-14)7-10(16)17/h6H,2-5,7H2,1H3,(H,16,17). The van der Waals surface area contributed by atoms with E-state index in [4.69, 9.17) is 19.3 Å². The predicted octanol–water partition coefficient (Wildman–Crippen LogP) is 2.11. The minimum atomic E-state index is -0.949. The Hall–Kier alpha value is -1.98. The number of carbonyl (C=O) groups is 1. The highest BCUT2D eigenvalue weighted by Gasteiger charge is 2.51. The molecule has 1 aromatic rings. The first kappa shape index (κ1) is 13.0. The Kier molecular flexibility index (Phi) is 2.96. The van der Waals surface area contributed by atoms with E-state index in [1.807, 2.05) is 0 Å². The zero-order valence-corrected chi connectivity index (χ0v) is 11.1. The van der Waals surface area contributed by atoms with E-state index in [2.05, 4.69) is 0 Å². The number of rotatable bonds is 4. The largest absolute Gasteiger partial charge is 0.494 e. The normalized spacial score (nSPS) is 18.5. The first-order valence-electron chi connectivity index (χ1n) is 6.46. The maximum atomic E-state index is 14.6. The first-order chi connectivity index (χ1) is 9.57. The smallest absolute Gasteiger partial charge is 0.304 e. The van der Waals surface area contributed by atoms with Gasteiger partial charge >= 0.3 is 5.97 Å². The lowest BCUT2D eigenvalue weighted by atomic mass is 9.90. The first-order valence-corrected chi connectivity index (χ1v) is 6.46. The third-order valence-electron chi connectivity index (χ3n) is 3.83. The van der Waals surface area contributed by atoms with E-state index < -0.39 is 17.2 Å². The summed E-state index contributed by atoms with van der Waals surface area (Å²) in [7, 11) is 1.37. The van der Waals surface area contributed by atoms with E-state index >= 15 is 0 Å². The fraction of sp³-hybridized carbons (Fsp3) is 0.500. The Balaban J connectivity index is 2.15. The molecule has 0 spiro atoms. The van der Waals surface area contributed by atoms with E-state index in [0.29, 0.717) is 37.6 Å². The average molecular weight is 282 g/mol. The van der Waals surface area contributed by atoms with Crippen molar-refractivity contribution >= 4 is 5.97 Å². The molecule has 0 amide bonds. The van der Waals surface area contributed by atoms with Crippen LogP contribution in [0.25, 0.3) is 0 Å². The quantitative estimate of drug-likeness (QED) is 0.916. The Morgan fingerprint density at radius 3 is 2.75 bits per heavy atom. The van der Waals surface area contributed by atoms with Crippen molar-refractivity contribution in [2.24, 2.45) is 0 Å². The van der Waals surface area contributed by atoms with Crippen LogP contribution in [0.15, 0.2) is 6.07 Å². The highest BCUT2D eigenvalue weighted by atomic mass is 19.1. The van der Waals surface area contributed by atoms with Crippen molar-refractivity contribution in [3.05, 3.63) is 17.4 Å². The van der Waals surface area contributed by atoms with Gasteiger partial charge in [0.05, 0.1) is 13.5 Å². The fourth-order valence-electron chi connectivity index (χ4n) is 2.72. The Bertz CT molecular complexity index is 565. The molecule has 1 fully saturated rings. The van der Waals surface area contributed by atoms with Crippen LogP contribution in [0, 0.1) is 5.82 Å². The van der Waals surface area contributed by atoms with Gasteiger partial charge in [0, 0.05) is 17.0 Å². The molecule has 1 aliphatic carbocycles. The van der Waals surface area contributed by atoms with Gasteiger partial charge in [-0.25, -0.2) is 4.39 Å². The van der Waals surface area contributed by atoms with Crippen LogP contribution in [0.2, 0.25) is 0 Å². The van der Waals surface area contributed by atoms with Gasteiger partial charge in [0.25, 0.3) is 0 Å². The molecule has 0 radical (unpaired) electrons. The molecular weight excluding hydrogens is 267 g/mol. The van der Waals surface area contributed by atoms with Gasteiger partial charge in [-0.3, -0.25) is 4.79 Å². The third-order valence-corrected chi connectivity index (χ3v) is 3.83. The van der Waals surface area contributed by atoms with E-state index in [-0.39, 0.29) is 17.7 Å². The summed E-state index contributed by atoms with van der Waals surface area (Å²) in [5.74, 6) is -0.693. The fourth-order valence-corrected chi connectivity index (χ4v) is 2.72. The SMILES string of the molecule is COc1cc2c(c(C3(CC(=O)O)CC3)c1F)OCCO2. The summed E-state index contributed by atoms with van der Waals surface area (Å²) in [5.41, 5.74) is -0.413. The second kappa shape index (κ2) is 4.54. The van der Waals surface area contributed by atoms with E-state index in [1.165, 1.54) is 13.2 Å². The second-order valence-corrected chi connectivity index (χ2v) is 5.14. The monoisotopic (exact) mass is 282 g/mol. The van der Waals surface area contributed by atoms with Crippen LogP contribution in [0.1, 0.15) is 24.8 Å². The Labute approximate surface area is 115 Å². The summed E-state index contributed by atoms with van der Waals surface area (Å²) in [5, 5.41) is 9.05. The number of fused-ring (bicyclic) bond motifs is 1. The lowest BCUT2D eigenvalue weighted by Crippen LogP contribution is -2.22. The van der Waals surface area contributed by atoms with Gasteiger partial charge in [-0.1, -0.05) is 0 Å². The highest BCUT2D eigenvalue weighted by molar-refractivity contribution is 5.71. The molecule has 0 unspecified atom stereocenters. The number of halogens is 1. The number of carboxylic acids is 1. The Morgan fingerprint density at radius 2 is 2.15 bits per heavy atom. The predicted molar refractivity (Wildman–Crippen MR) is 67.1 cm³/mol. The van der Waals surface area contributed by atoms with Crippen molar-refractivity contribution in [3.8, 4) is 17.2 Å². The molecule has 0 bridgehead atoms. The zero-order valence-electron chi connectivity index (χ0n) is 11.1. The van der Waals surface area contributed by atoms with E-state index in [9.17, 15) is 9.18 Å². The number of carboxylic acid groups (broad SMARTS) is 1. The molecule has 0 atom stereocenters. The molecule has 3 rings (SSSR count). The average Bonchev–Trinajstić information content (AvgIpc) is 3.17. The topological polar surface area (TPSA) is 65.0 Å². The van der Waals surface area contributed by atoms with Crippen molar-refractivity contribution in [1.29, 1.82) is 0 Å². The van der Waals surface area contributed by atoms with Crippen molar-refractivity contribution in [3.63, 3.8) is 0 Å². The molecule has 1 aromatic carbocycles. The van der Waals surface area contributed by atoms with Crippen LogP contribution in [-0.2, 0) is 10.2 Å². The van der Waals surface area contributed by atoms with Gasteiger partial charge in [0.1, 0.15) is 13.2 Å². The Morgan fingerprint density at radius 1 is 1.45 bits per heavy atom. The van der Waals surface area contributed by atoms with Crippen LogP contribution in [-0.4, -0.2) is 31.4 Å². The maximum Gasteiger partial charge on any atom is 0.304 e. The minimum Gasteiger partial charge on any atom is -0.494 e. The summed E-state index contributed by atoms with van der Waals surface area (Å²) >= 11 is 0. The molecule has 1 aliphatic heterocycles. The van der Waals surface area contributed by atoms with Gasteiger partial charge < -0.3 is 19.3 Å². The van der Waals surface area contributed by atoms with Gasteiger partial charge in [-0.2, -0.15) is 0 Å². The number of methoxy groups -OCH3 is 1. The highest BCUT2D eigenvalue weighted by Crippen LogP contribution is 2.58. The number of aliphatic carboxylic acids is 1. The zero-order chi connectivity index (χ0) is 14.3. The van der Waals surface area contributed by atoms with Crippen LogP contribution < -0.4 is 14.2 Å². The third kappa shape index (κ3) is 1.95. The van der Waals surface area contributed by atoms with Gasteiger partial charge in [-0.15, -0.1) is 0 Å². The lowest BCUT2D eigenvalue weighted by molar-refractivity contribution is -0.137. The van der Waals surface area contributed by atoms with Gasteiger partial charge in [-0.05, 0) is 12.8 Å². The number of benzene rings is 1. The molecule has 20 heavy (non-hydrogen) atoms. The lowest BCUT2D eigenvalue weighted by Gasteiger charge is -2.26. The van der Waals surface area contributed by atoms with Crippen LogP contribution in [0.5, 0.6) is 17.2 Å². The number of hydrogen-bond acceptors (Lipinski definition) is 4. The molecule has 5 nitrogen and oxygen atoms in total. The van der Waals surface area contributed by atoms with Crippen molar-refractivity contribution < 1.29 is 28.5 Å². The second-order valence-electron chi connectivity index (χ2n) is 5.14. The maximum absolute atomic E-state index is 14.6. The van der Waals surface area contributed by atoms with Gasteiger partial charge in [0.15, 0.2) is 23.1 Å². The molecule has 6 heteroatoms. The summed E-state index contributed by atoms with van der Waals surface area (Å²) in [6, 6.07) is 1.45. The van der Waals surface area contributed by atoms with E-state index in [0.717, 1.165) is 0 Å². The molecule has 108 valence electrons. The molecule has 0 aromatic heterocycles. The molecule has 1 N–H and O–H groups in total. The number of hydrogen-bond donors (Lipinski definition) is 1. The van der Waals surface area contributed by atoms with Crippen molar-refractivity contribution in [2.45, 2.75) is 24.7 Å². The molecule has 0 saturated heterocycles. The molecule has 1 heterocycles. The molecule has 1 saturated carbocycles. The molecular formula is C14H15FO5. The van der Waals surface area contributed by atoms with Crippen LogP contribution in [0.4, 0.5) is 4.39 Å². The van der Waals surface area contributed by atoms with Crippen molar-refractivity contribution in [1.82, 2.24) is 0 Å². The molecule has 2 aliphatic rings. The summed E-state index contributed by atoms with van der Waals surface area (Å²) in [6.45, 7) is 0.710. The summed E-state index contributed by atoms with van der Waals surface area (Å²) in [4.78, 5) is 11.0.